The topological polar surface area (TPSA) is 63.2 Å². The Morgan fingerprint density at radius 3 is 2.58 bits per heavy atom. The Labute approximate surface area is 152 Å². The van der Waals surface area contributed by atoms with Crippen LogP contribution in [0.25, 0.3) is 0 Å². The van der Waals surface area contributed by atoms with Gasteiger partial charge in [-0.05, 0) is 24.5 Å². The Morgan fingerprint density at radius 1 is 1.08 bits per heavy atom. The molecular formula is C20H22O6. The number of ether oxygens (including phenoxy) is 5. The number of aryl methyl sites for hydroxylation is 1. The molecule has 0 saturated heterocycles. The van der Waals surface area contributed by atoms with Crippen molar-refractivity contribution in [1.82, 2.24) is 0 Å². The normalized spacial score (nSPS) is 11.9. The van der Waals surface area contributed by atoms with Crippen LogP contribution in [0.1, 0.15) is 17.5 Å². The molecule has 6 nitrogen and oxygen atoms in total. The fourth-order valence-corrected chi connectivity index (χ4v) is 2.90. The molecule has 0 fully saturated rings. The minimum atomic E-state index is -0.230. The predicted molar refractivity (Wildman–Crippen MR) is 95.1 cm³/mol. The molecule has 0 aliphatic carbocycles. The van der Waals surface area contributed by atoms with Crippen LogP contribution in [-0.4, -0.2) is 33.6 Å². The van der Waals surface area contributed by atoms with Gasteiger partial charge in [0.05, 0.1) is 27.2 Å². The highest BCUT2D eigenvalue weighted by Gasteiger charge is 2.25. The molecule has 1 heterocycles. The SMILES string of the molecule is COc1c(CCCOC(=O)Cc2ccccc2)cc2c(c1OC)OCO2. The van der Waals surface area contributed by atoms with Gasteiger partial charge in [0, 0.05) is 5.56 Å². The number of carbonyl (C=O) groups excluding carboxylic acids is 1. The molecule has 0 unspecified atom stereocenters. The summed E-state index contributed by atoms with van der Waals surface area (Å²) < 4.78 is 27.1. The second-order valence-corrected chi connectivity index (χ2v) is 5.82. The van der Waals surface area contributed by atoms with Gasteiger partial charge in [-0.1, -0.05) is 30.3 Å². The zero-order chi connectivity index (χ0) is 18.4. The number of hydrogen-bond acceptors (Lipinski definition) is 6. The standard InChI is InChI=1S/C20H22O6/c1-22-18-15(12-16-19(20(18)23-2)26-13-25-16)9-6-10-24-17(21)11-14-7-4-3-5-8-14/h3-5,7-8,12H,6,9-11,13H2,1-2H3. The van der Waals surface area contributed by atoms with Crippen LogP contribution in [0.5, 0.6) is 23.0 Å². The second-order valence-electron chi connectivity index (χ2n) is 5.82. The van der Waals surface area contributed by atoms with E-state index in [1.54, 1.807) is 14.2 Å². The predicted octanol–water partition coefficient (Wildman–Crippen LogP) is 3.15. The van der Waals surface area contributed by atoms with Gasteiger partial charge >= 0.3 is 5.97 Å². The fraction of sp³-hybridized carbons (Fsp3) is 0.350. The van der Waals surface area contributed by atoms with Gasteiger partial charge in [0.2, 0.25) is 18.3 Å². The summed E-state index contributed by atoms with van der Waals surface area (Å²) in [5.74, 6) is 2.11. The Balaban J connectivity index is 1.56. The zero-order valence-electron chi connectivity index (χ0n) is 14.9. The summed E-state index contributed by atoms with van der Waals surface area (Å²) in [4.78, 5) is 11.9. The first-order valence-electron chi connectivity index (χ1n) is 8.46. The lowest BCUT2D eigenvalue weighted by Crippen LogP contribution is -2.09. The molecule has 0 N–H and O–H groups in total. The molecule has 6 heteroatoms. The Morgan fingerprint density at radius 2 is 1.85 bits per heavy atom. The third-order valence-electron chi connectivity index (χ3n) is 4.10. The number of hydrogen-bond donors (Lipinski definition) is 0. The van der Waals surface area contributed by atoms with Crippen LogP contribution in [0.3, 0.4) is 0 Å². The van der Waals surface area contributed by atoms with E-state index in [1.807, 2.05) is 36.4 Å². The van der Waals surface area contributed by atoms with Crippen LogP contribution in [0.4, 0.5) is 0 Å². The van der Waals surface area contributed by atoms with Gasteiger partial charge in [-0.2, -0.15) is 0 Å². The maximum absolute atomic E-state index is 11.9. The summed E-state index contributed by atoms with van der Waals surface area (Å²) in [5.41, 5.74) is 1.87. The molecule has 0 spiro atoms. The van der Waals surface area contributed by atoms with E-state index < -0.39 is 0 Å². The van der Waals surface area contributed by atoms with E-state index >= 15 is 0 Å². The molecule has 0 amide bonds. The van der Waals surface area contributed by atoms with Gasteiger partial charge in [-0.3, -0.25) is 4.79 Å². The molecule has 0 aromatic heterocycles. The molecule has 0 saturated carbocycles. The quantitative estimate of drug-likeness (QED) is 0.534. The van der Waals surface area contributed by atoms with Crippen molar-refractivity contribution in [3.05, 3.63) is 47.5 Å². The highest BCUT2D eigenvalue weighted by molar-refractivity contribution is 5.72. The van der Waals surface area contributed by atoms with Gasteiger partial charge in [0.1, 0.15) is 0 Å². The number of rotatable bonds is 8. The van der Waals surface area contributed by atoms with Crippen LogP contribution in [0, 0.1) is 0 Å². The molecule has 26 heavy (non-hydrogen) atoms. The largest absolute Gasteiger partial charge is 0.492 e. The summed E-state index contributed by atoms with van der Waals surface area (Å²) in [6.07, 6.45) is 1.61. The summed E-state index contributed by atoms with van der Waals surface area (Å²) in [6.45, 7) is 0.501. The minimum absolute atomic E-state index is 0.162. The number of esters is 1. The van der Waals surface area contributed by atoms with E-state index in [2.05, 4.69) is 0 Å². The lowest BCUT2D eigenvalue weighted by Gasteiger charge is -2.15. The first kappa shape index (κ1) is 17.9. The van der Waals surface area contributed by atoms with Crippen LogP contribution in [-0.2, 0) is 22.4 Å². The van der Waals surface area contributed by atoms with Crippen LogP contribution >= 0.6 is 0 Å². The summed E-state index contributed by atoms with van der Waals surface area (Å²) in [5, 5.41) is 0. The van der Waals surface area contributed by atoms with E-state index in [-0.39, 0.29) is 19.2 Å². The van der Waals surface area contributed by atoms with Gasteiger partial charge in [0.15, 0.2) is 11.5 Å². The van der Waals surface area contributed by atoms with Crippen molar-refractivity contribution in [3.63, 3.8) is 0 Å². The van der Waals surface area contributed by atoms with E-state index in [1.165, 1.54) is 0 Å². The van der Waals surface area contributed by atoms with Gasteiger partial charge < -0.3 is 23.7 Å². The lowest BCUT2D eigenvalue weighted by atomic mass is 10.1. The lowest BCUT2D eigenvalue weighted by molar-refractivity contribution is -0.142. The van der Waals surface area contributed by atoms with Crippen molar-refractivity contribution in [2.45, 2.75) is 19.3 Å². The van der Waals surface area contributed by atoms with Gasteiger partial charge in [-0.25, -0.2) is 0 Å². The molecule has 1 aliphatic rings. The van der Waals surface area contributed by atoms with Gasteiger partial charge in [-0.15, -0.1) is 0 Å². The van der Waals surface area contributed by atoms with Crippen molar-refractivity contribution in [2.24, 2.45) is 0 Å². The average molecular weight is 358 g/mol. The number of carbonyl (C=O) groups is 1. The molecule has 2 aromatic carbocycles. The highest BCUT2D eigenvalue weighted by atomic mass is 16.7. The average Bonchev–Trinajstić information content (AvgIpc) is 3.13. The van der Waals surface area contributed by atoms with Crippen molar-refractivity contribution in [1.29, 1.82) is 0 Å². The Hall–Kier alpha value is -2.89. The zero-order valence-corrected chi connectivity index (χ0v) is 14.9. The Kier molecular flexibility index (Phi) is 5.84. The first-order chi connectivity index (χ1) is 12.7. The number of methoxy groups -OCH3 is 2. The molecule has 3 rings (SSSR count). The van der Waals surface area contributed by atoms with E-state index in [0.29, 0.717) is 42.4 Å². The van der Waals surface area contributed by atoms with E-state index in [4.69, 9.17) is 23.7 Å². The second kappa shape index (κ2) is 8.47. The van der Waals surface area contributed by atoms with Crippen LogP contribution in [0.15, 0.2) is 36.4 Å². The van der Waals surface area contributed by atoms with E-state index in [0.717, 1.165) is 11.1 Å². The number of fused-ring (bicyclic) bond motifs is 1. The molecule has 0 atom stereocenters. The molecule has 0 radical (unpaired) electrons. The van der Waals surface area contributed by atoms with Crippen LogP contribution in [0.2, 0.25) is 0 Å². The monoisotopic (exact) mass is 358 g/mol. The van der Waals surface area contributed by atoms with Crippen molar-refractivity contribution in [2.75, 3.05) is 27.6 Å². The van der Waals surface area contributed by atoms with Gasteiger partial charge in [0.25, 0.3) is 0 Å². The minimum Gasteiger partial charge on any atom is -0.492 e. The van der Waals surface area contributed by atoms with Crippen molar-refractivity contribution < 1.29 is 28.5 Å². The fourth-order valence-electron chi connectivity index (χ4n) is 2.90. The first-order valence-corrected chi connectivity index (χ1v) is 8.46. The Bertz CT molecular complexity index is 757. The summed E-state index contributed by atoms with van der Waals surface area (Å²) in [6, 6.07) is 11.4. The molecule has 2 aromatic rings. The van der Waals surface area contributed by atoms with Crippen molar-refractivity contribution >= 4 is 5.97 Å². The third-order valence-corrected chi connectivity index (χ3v) is 4.10. The molecule has 138 valence electrons. The third kappa shape index (κ3) is 4.02. The summed E-state index contributed by atoms with van der Waals surface area (Å²) >= 11 is 0. The van der Waals surface area contributed by atoms with E-state index in [9.17, 15) is 4.79 Å². The highest BCUT2D eigenvalue weighted by Crippen LogP contribution is 2.49. The molecular weight excluding hydrogens is 336 g/mol. The number of benzene rings is 2. The molecule has 1 aliphatic heterocycles. The summed E-state index contributed by atoms with van der Waals surface area (Å²) in [7, 11) is 3.15. The smallest absolute Gasteiger partial charge is 0.310 e. The maximum Gasteiger partial charge on any atom is 0.310 e. The van der Waals surface area contributed by atoms with Crippen molar-refractivity contribution in [3.8, 4) is 23.0 Å². The van der Waals surface area contributed by atoms with Crippen LogP contribution < -0.4 is 18.9 Å². The molecule has 0 bridgehead atoms. The maximum atomic E-state index is 11.9.